The van der Waals surface area contributed by atoms with Gasteiger partial charge in [0.05, 0.1) is 14.2 Å². The maximum Gasteiger partial charge on any atom is 0.173 e. The van der Waals surface area contributed by atoms with Crippen molar-refractivity contribution >= 4 is 11.4 Å². The molecule has 3 N–H and O–H groups in total. The van der Waals surface area contributed by atoms with E-state index in [1.165, 1.54) is 20.3 Å². The Labute approximate surface area is 135 Å². The van der Waals surface area contributed by atoms with Crippen molar-refractivity contribution in [1.29, 1.82) is 5.41 Å². The van der Waals surface area contributed by atoms with Gasteiger partial charge in [-0.2, -0.15) is 0 Å². The van der Waals surface area contributed by atoms with Crippen LogP contribution in [0.15, 0.2) is 24.3 Å². The zero-order valence-corrected chi connectivity index (χ0v) is 13.8. The largest absolute Gasteiger partial charge is 0.496 e. The van der Waals surface area contributed by atoms with Crippen LogP contribution in [-0.4, -0.2) is 19.9 Å². The summed E-state index contributed by atoms with van der Waals surface area (Å²) >= 11 is 0. The van der Waals surface area contributed by atoms with Gasteiger partial charge >= 0.3 is 0 Å². The summed E-state index contributed by atoms with van der Waals surface area (Å²) < 4.78 is 25.1. The first-order chi connectivity index (χ1) is 10.9. The van der Waals surface area contributed by atoms with Gasteiger partial charge in [-0.1, -0.05) is 19.1 Å². The topological polar surface area (TPSA) is 68.3 Å². The van der Waals surface area contributed by atoms with Gasteiger partial charge in [-0.3, -0.25) is 0 Å². The summed E-state index contributed by atoms with van der Waals surface area (Å²) in [4.78, 5) is 0. The van der Waals surface area contributed by atoms with E-state index in [9.17, 15) is 4.39 Å². The number of nitrogen functional groups attached to an aromatic ring is 1. The van der Waals surface area contributed by atoms with Crippen LogP contribution < -0.4 is 15.2 Å². The summed E-state index contributed by atoms with van der Waals surface area (Å²) in [5, 5.41) is 7.91. The highest BCUT2D eigenvalue weighted by Gasteiger charge is 2.19. The van der Waals surface area contributed by atoms with Gasteiger partial charge in [0.2, 0.25) is 0 Å². The maximum atomic E-state index is 14.7. The lowest BCUT2D eigenvalue weighted by atomic mass is 9.95. The van der Waals surface area contributed by atoms with Crippen LogP contribution in [-0.2, 0) is 0 Å². The maximum absolute atomic E-state index is 14.7. The molecule has 0 aromatic heterocycles. The lowest BCUT2D eigenvalue weighted by molar-refractivity contribution is 0.373. The molecule has 23 heavy (non-hydrogen) atoms. The SMILES string of the molecule is CCC(=N)c1ccc(-c2c(C)c(OC)cc(OC)c2F)cc1N. The number of hydrogen-bond donors (Lipinski definition) is 2. The predicted octanol–water partition coefficient (Wildman–Crippen LogP) is 4.18. The highest BCUT2D eigenvalue weighted by atomic mass is 19.1. The van der Waals surface area contributed by atoms with Gasteiger partial charge in [0.1, 0.15) is 5.75 Å². The van der Waals surface area contributed by atoms with E-state index in [-0.39, 0.29) is 5.75 Å². The minimum atomic E-state index is -0.455. The van der Waals surface area contributed by atoms with E-state index in [0.29, 0.717) is 45.8 Å². The number of hydrogen-bond acceptors (Lipinski definition) is 4. The zero-order chi connectivity index (χ0) is 17.1. The third kappa shape index (κ3) is 2.99. The lowest BCUT2D eigenvalue weighted by Crippen LogP contribution is -2.03. The average molecular weight is 316 g/mol. The second kappa shape index (κ2) is 6.69. The van der Waals surface area contributed by atoms with Crippen LogP contribution in [0, 0.1) is 18.2 Å². The van der Waals surface area contributed by atoms with Gasteiger partial charge < -0.3 is 20.6 Å². The van der Waals surface area contributed by atoms with Crippen molar-refractivity contribution < 1.29 is 13.9 Å². The Bertz CT molecular complexity index is 729. The van der Waals surface area contributed by atoms with Gasteiger partial charge in [-0.15, -0.1) is 0 Å². The third-order valence-corrected chi connectivity index (χ3v) is 3.90. The molecular weight excluding hydrogens is 295 g/mol. The molecule has 4 nitrogen and oxygen atoms in total. The Morgan fingerprint density at radius 2 is 1.83 bits per heavy atom. The Hall–Kier alpha value is -2.56. The van der Waals surface area contributed by atoms with Gasteiger partial charge in [0.15, 0.2) is 11.6 Å². The van der Waals surface area contributed by atoms with Gasteiger partial charge in [-0.05, 0) is 25.0 Å². The van der Waals surface area contributed by atoms with E-state index in [0.717, 1.165) is 0 Å². The molecule has 0 unspecified atom stereocenters. The van der Waals surface area contributed by atoms with Gasteiger partial charge in [0.25, 0.3) is 0 Å². The smallest absolute Gasteiger partial charge is 0.173 e. The zero-order valence-electron chi connectivity index (χ0n) is 13.8. The van der Waals surface area contributed by atoms with Crippen LogP contribution in [0.5, 0.6) is 11.5 Å². The minimum Gasteiger partial charge on any atom is -0.496 e. The van der Waals surface area contributed by atoms with Crippen LogP contribution in [0.4, 0.5) is 10.1 Å². The van der Waals surface area contributed by atoms with Crippen LogP contribution >= 0.6 is 0 Å². The molecule has 2 rings (SSSR count). The first kappa shape index (κ1) is 16.8. The number of methoxy groups -OCH3 is 2. The molecule has 5 heteroatoms. The molecule has 0 aliphatic carbocycles. The second-order valence-electron chi connectivity index (χ2n) is 5.23. The van der Waals surface area contributed by atoms with E-state index >= 15 is 0 Å². The number of benzene rings is 2. The molecule has 0 aliphatic heterocycles. The Balaban J connectivity index is 2.67. The predicted molar refractivity (Wildman–Crippen MR) is 91.2 cm³/mol. The van der Waals surface area contributed by atoms with Crippen LogP contribution in [0.3, 0.4) is 0 Å². The summed E-state index contributed by atoms with van der Waals surface area (Å²) in [6, 6.07) is 6.73. The summed E-state index contributed by atoms with van der Waals surface area (Å²) in [6.45, 7) is 3.68. The van der Waals surface area contributed by atoms with Crippen LogP contribution in [0.25, 0.3) is 11.1 Å². The molecule has 0 atom stereocenters. The first-order valence-electron chi connectivity index (χ1n) is 7.33. The standard InChI is InChI=1S/C18H21FN2O2/c1-5-13(20)12-7-6-11(8-14(12)21)17-10(2)15(22-3)9-16(23-4)18(17)19/h6-9,20H,5,21H2,1-4H3. The molecule has 0 saturated carbocycles. The molecule has 0 radical (unpaired) electrons. The van der Waals surface area contributed by atoms with E-state index in [4.69, 9.17) is 20.6 Å². The number of halogens is 1. The van der Waals surface area contributed by atoms with Crippen molar-refractivity contribution in [1.82, 2.24) is 0 Å². The highest BCUT2D eigenvalue weighted by Crippen LogP contribution is 2.39. The molecule has 0 amide bonds. The van der Waals surface area contributed by atoms with E-state index in [2.05, 4.69) is 0 Å². The Morgan fingerprint density at radius 3 is 2.35 bits per heavy atom. The van der Waals surface area contributed by atoms with Crippen molar-refractivity contribution in [2.24, 2.45) is 0 Å². The number of anilines is 1. The summed E-state index contributed by atoms with van der Waals surface area (Å²) in [5.74, 6) is 0.206. The lowest BCUT2D eigenvalue weighted by Gasteiger charge is -2.16. The van der Waals surface area contributed by atoms with Crippen molar-refractivity contribution in [2.45, 2.75) is 20.3 Å². The molecule has 122 valence electrons. The molecule has 0 bridgehead atoms. The van der Waals surface area contributed by atoms with Gasteiger partial charge in [-0.25, -0.2) is 4.39 Å². The van der Waals surface area contributed by atoms with E-state index < -0.39 is 5.82 Å². The first-order valence-corrected chi connectivity index (χ1v) is 7.33. The Morgan fingerprint density at radius 1 is 1.17 bits per heavy atom. The van der Waals surface area contributed by atoms with E-state index in [1.54, 1.807) is 25.1 Å². The van der Waals surface area contributed by atoms with Crippen molar-refractivity contribution in [3.05, 3.63) is 41.2 Å². The van der Waals surface area contributed by atoms with Crippen LogP contribution in [0.2, 0.25) is 0 Å². The van der Waals surface area contributed by atoms with Gasteiger partial charge in [0, 0.05) is 34.2 Å². The molecule has 0 spiro atoms. The fourth-order valence-corrected chi connectivity index (χ4v) is 2.59. The van der Waals surface area contributed by atoms with Crippen molar-refractivity contribution in [2.75, 3.05) is 20.0 Å². The number of rotatable bonds is 5. The molecule has 0 fully saturated rings. The minimum absolute atomic E-state index is 0.117. The van der Waals surface area contributed by atoms with E-state index in [1.807, 2.05) is 6.92 Å². The monoisotopic (exact) mass is 316 g/mol. The molecule has 0 heterocycles. The number of ether oxygens (including phenoxy) is 2. The number of nitrogens with two attached hydrogens (primary N) is 1. The molecule has 2 aromatic carbocycles. The highest BCUT2D eigenvalue weighted by molar-refractivity contribution is 6.03. The molecule has 0 saturated heterocycles. The fourth-order valence-electron chi connectivity index (χ4n) is 2.59. The Kier molecular flexibility index (Phi) is 4.89. The van der Waals surface area contributed by atoms with Crippen LogP contribution in [0.1, 0.15) is 24.5 Å². The third-order valence-electron chi connectivity index (χ3n) is 3.90. The van der Waals surface area contributed by atoms with Crippen molar-refractivity contribution in [3.63, 3.8) is 0 Å². The normalized spacial score (nSPS) is 10.5. The molecule has 2 aromatic rings. The summed E-state index contributed by atoms with van der Waals surface area (Å²) in [7, 11) is 2.94. The van der Waals surface area contributed by atoms with Crippen molar-refractivity contribution in [3.8, 4) is 22.6 Å². The molecular formula is C18H21FN2O2. The number of nitrogens with one attached hydrogen (secondary N) is 1. The summed E-state index contributed by atoms with van der Waals surface area (Å²) in [5.41, 5.74) is 9.32. The second-order valence-corrected chi connectivity index (χ2v) is 5.23. The average Bonchev–Trinajstić information content (AvgIpc) is 2.54. The quantitative estimate of drug-likeness (QED) is 0.642. The fraction of sp³-hybridized carbons (Fsp3) is 0.278. The summed E-state index contributed by atoms with van der Waals surface area (Å²) in [6.07, 6.45) is 0.587. The molecule has 0 aliphatic rings.